The number of rotatable bonds is 5. The molecule has 1 aromatic carbocycles. The van der Waals surface area contributed by atoms with Gasteiger partial charge in [0, 0.05) is 32.0 Å². The summed E-state index contributed by atoms with van der Waals surface area (Å²) < 4.78 is 14.9. The van der Waals surface area contributed by atoms with Gasteiger partial charge in [0.05, 0.1) is 18.2 Å². The molecule has 0 unspecified atom stereocenters. The molecule has 0 spiro atoms. The quantitative estimate of drug-likeness (QED) is 0.877. The van der Waals surface area contributed by atoms with Crippen LogP contribution in [0.4, 0.5) is 4.39 Å². The summed E-state index contributed by atoms with van der Waals surface area (Å²) in [7, 11) is 0. The molecule has 0 radical (unpaired) electrons. The Kier molecular flexibility index (Phi) is 4.99. The summed E-state index contributed by atoms with van der Waals surface area (Å²) in [4.78, 5) is 6.33. The zero-order chi connectivity index (χ0) is 17.2. The lowest BCUT2D eigenvalue weighted by Crippen LogP contribution is -2.47. The molecule has 2 aromatic rings. The van der Waals surface area contributed by atoms with Gasteiger partial charge in [0.1, 0.15) is 11.6 Å². The molecule has 1 aliphatic heterocycles. The number of aryl methyl sites for hydroxylation is 1. The van der Waals surface area contributed by atoms with Gasteiger partial charge in [0.25, 0.3) is 0 Å². The van der Waals surface area contributed by atoms with Crippen LogP contribution < -0.4 is 0 Å². The topological polar surface area (TPSA) is 61.5 Å². The molecule has 1 fully saturated rings. The zero-order valence-electron chi connectivity index (χ0n) is 13.9. The normalized spacial score (nSPS) is 19.3. The Labute approximate surface area is 141 Å². The van der Waals surface area contributed by atoms with Crippen LogP contribution in [0.1, 0.15) is 30.3 Å². The van der Waals surface area contributed by atoms with Crippen LogP contribution in [-0.4, -0.2) is 49.9 Å². The van der Waals surface area contributed by atoms with Crippen molar-refractivity contribution in [2.45, 2.75) is 38.0 Å². The lowest BCUT2D eigenvalue weighted by atomic mass is 9.91. The second kappa shape index (κ2) is 7.01. The Morgan fingerprint density at radius 3 is 2.50 bits per heavy atom. The first-order valence-electron chi connectivity index (χ1n) is 8.31. The SMILES string of the molecule is Cc1nccn1CC1(O)CCN(C[C@@H](O)c2ccc(F)cc2)CC1. The molecular weight excluding hydrogens is 309 g/mol. The van der Waals surface area contributed by atoms with E-state index >= 15 is 0 Å². The highest BCUT2D eigenvalue weighted by Crippen LogP contribution is 2.26. The minimum atomic E-state index is -0.733. The molecule has 24 heavy (non-hydrogen) atoms. The largest absolute Gasteiger partial charge is 0.388 e. The van der Waals surface area contributed by atoms with E-state index < -0.39 is 11.7 Å². The number of halogens is 1. The van der Waals surface area contributed by atoms with E-state index in [0.29, 0.717) is 31.5 Å². The van der Waals surface area contributed by atoms with Crippen LogP contribution >= 0.6 is 0 Å². The van der Waals surface area contributed by atoms with Gasteiger partial charge in [0.2, 0.25) is 0 Å². The van der Waals surface area contributed by atoms with E-state index in [1.54, 1.807) is 18.3 Å². The molecule has 6 heteroatoms. The van der Waals surface area contributed by atoms with Gasteiger partial charge in [-0.2, -0.15) is 0 Å². The van der Waals surface area contributed by atoms with Crippen molar-refractivity contribution in [3.63, 3.8) is 0 Å². The Hall–Kier alpha value is -1.76. The number of nitrogens with zero attached hydrogens (tertiary/aromatic N) is 3. The Bertz CT molecular complexity index is 663. The molecule has 130 valence electrons. The second-order valence-corrected chi connectivity index (χ2v) is 6.69. The number of hydrogen-bond acceptors (Lipinski definition) is 4. The number of hydrogen-bond donors (Lipinski definition) is 2. The summed E-state index contributed by atoms with van der Waals surface area (Å²) >= 11 is 0. The van der Waals surface area contributed by atoms with Crippen molar-refractivity contribution in [2.75, 3.05) is 19.6 Å². The lowest BCUT2D eigenvalue weighted by molar-refractivity contribution is -0.0418. The van der Waals surface area contributed by atoms with Gasteiger partial charge < -0.3 is 19.7 Å². The summed E-state index contributed by atoms with van der Waals surface area (Å²) in [5.41, 5.74) is -0.0192. The number of aliphatic hydroxyl groups is 2. The summed E-state index contributed by atoms with van der Waals surface area (Å²) in [6.45, 7) is 4.42. The Morgan fingerprint density at radius 1 is 1.25 bits per heavy atom. The van der Waals surface area contributed by atoms with E-state index in [1.165, 1.54) is 12.1 Å². The number of piperidine rings is 1. The number of aliphatic hydroxyl groups excluding tert-OH is 1. The smallest absolute Gasteiger partial charge is 0.123 e. The second-order valence-electron chi connectivity index (χ2n) is 6.69. The predicted octanol–water partition coefficient (Wildman–Crippen LogP) is 1.89. The highest BCUT2D eigenvalue weighted by Gasteiger charge is 2.33. The highest BCUT2D eigenvalue weighted by molar-refractivity contribution is 5.18. The van der Waals surface area contributed by atoms with Crippen LogP contribution in [0, 0.1) is 12.7 Å². The number of aromatic nitrogens is 2. The average Bonchev–Trinajstić information content (AvgIpc) is 2.95. The number of β-amino-alcohol motifs (C(OH)–C–C–N with tert-alkyl or cyclic N) is 1. The maximum absolute atomic E-state index is 13.0. The fraction of sp³-hybridized carbons (Fsp3) is 0.500. The number of likely N-dealkylation sites (tertiary alicyclic amines) is 1. The monoisotopic (exact) mass is 333 g/mol. The standard InChI is InChI=1S/C18H24FN3O2/c1-14-20-8-11-22(14)13-18(24)6-9-21(10-7-18)12-17(23)15-2-4-16(19)5-3-15/h2-5,8,11,17,23-24H,6-7,9-10,12-13H2,1H3/t17-/m1/s1. The van der Waals surface area contributed by atoms with Gasteiger partial charge in [-0.15, -0.1) is 0 Å². The summed E-state index contributed by atoms with van der Waals surface area (Å²) in [6.07, 6.45) is 4.29. The van der Waals surface area contributed by atoms with Crippen molar-refractivity contribution in [3.8, 4) is 0 Å². The van der Waals surface area contributed by atoms with E-state index in [9.17, 15) is 14.6 Å². The van der Waals surface area contributed by atoms with E-state index in [-0.39, 0.29) is 5.82 Å². The van der Waals surface area contributed by atoms with Gasteiger partial charge in [-0.25, -0.2) is 9.37 Å². The van der Waals surface area contributed by atoms with Crippen molar-refractivity contribution in [2.24, 2.45) is 0 Å². The summed E-state index contributed by atoms with van der Waals surface area (Å²) in [5, 5.41) is 21.1. The summed E-state index contributed by atoms with van der Waals surface area (Å²) in [6, 6.07) is 5.95. The van der Waals surface area contributed by atoms with Crippen molar-refractivity contribution in [3.05, 3.63) is 53.9 Å². The van der Waals surface area contributed by atoms with E-state index in [0.717, 1.165) is 18.9 Å². The number of benzene rings is 1. The Morgan fingerprint density at radius 2 is 1.92 bits per heavy atom. The molecule has 0 saturated carbocycles. The van der Waals surface area contributed by atoms with Crippen LogP contribution in [0.25, 0.3) is 0 Å². The van der Waals surface area contributed by atoms with Gasteiger partial charge in [-0.05, 0) is 37.5 Å². The molecule has 1 aliphatic rings. The van der Waals surface area contributed by atoms with Crippen molar-refractivity contribution in [1.82, 2.24) is 14.5 Å². The summed E-state index contributed by atoms with van der Waals surface area (Å²) in [5.74, 6) is 0.598. The predicted molar refractivity (Wildman–Crippen MR) is 88.9 cm³/mol. The average molecular weight is 333 g/mol. The molecule has 0 amide bonds. The fourth-order valence-electron chi connectivity index (χ4n) is 3.23. The van der Waals surface area contributed by atoms with E-state index in [1.807, 2.05) is 17.7 Å². The fourth-order valence-corrected chi connectivity index (χ4v) is 3.23. The first-order valence-corrected chi connectivity index (χ1v) is 8.31. The molecule has 2 N–H and O–H groups in total. The third-order valence-corrected chi connectivity index (χ3v) is 4.86. The highest BCUT2D eigenvalue weighted by atomic mass is 19.1. The third kappa shape index (κ3) is 4.01. The molecule has 3 rings (SSSR count). The van der Waals surface area contributed by atoms with Crippen LogP contribution in [0.5, 0.6) is 0 Å². The maximum atomic E-state index is 13.0. The van der Waals surface area contributed by atoms with Crippen LogP contribution in [0.3, 0.4) is 0 Å². The van der Waals surface area contributed by atoms with E-state index in [2.05, 4.69) is 9.88 Å². The zero-order valence-corrected chi connectivity index (χ0v) is 13.9. The van der Waals surface area contributed by atoms with Gasteiger partial charge in [-0.3, -0.25) is 0 Å². The molecule has 2 heterocycles. The molecule has 0 aliphatic carbocycles. The van der Waals surface area contributed by atoms with Crippen LogP contribution in [-0.2, 0) is 6.54 Å². The molecule has 1 atom stereocenters. The number of imidazole rings is 1. The van der Waals surface area contributed by atoms with Crippen LogP contribution in [0.15, 0.2) is 36.7 Å². The van der Waals surface area contributed by atoms with Gasteiger partial charge >= 0.3 is 0 Å². The van der Waals surface area contributed by atoms with Crippen LogP contribution in [0.2, 0.25) is 0 Å². The first kappa shape index (κ1) is 17.1. The first-order chi connectivity index (χ1) is 11.5. The van der Waals surface area contributed by atoms with Gasteiger partial charge in [0.15, 0.2) is 0 Å². The van der Waals surface area contributed by atoms with Gasteiger partial charge in [-0.1, -0.05) is 12.1 Å². The minimum absolute atomic E-state index is 0.302. The molecule has 0 bridgehead atoms. The van der Waals surface area contributed by atoms with E-state index in [4.69, 9.17) is 0 Å². The molecule has 5 nitrogen and oxygen atoms in total. The van der Waals surface area contributed by atoms with Crippen molar-refractivity contribution >= 4 is 0 Å². The van der Waals surface area contributed by atoms with Crippen molar-refractivity contribution in [1.29, 1.82) is 0 Å². The molecular formula is C18H24FN3O2. The Balaban J connectivity index is 1.53. The minimum Gasteiger partial charge on any atom is -0.388 e. The molecule has 1 aromatic heterocycles. The van der Waals surface area contributed by atoms with Crippen molar-refractivity contribution < 1.29 is 14.6 Å². The molecule has 1 saturated heterocycles. The lowest BCUT2D eigenvalue weighted by Gasteiger charge is -2.39. The third-order valence-electron chi connectivity index (χ3n) is 4.86. The maximum Gasteiger partial charge on any atom is 0.123 e.